The number of rotatable bonds is 5. The fourth-order valence-corrected chi connectivity index (χ4v) is 1.99. The number of para-hydroxylation sites is 1. The van der Waals surface area contributed by atoms with Crippen molar-refractivity contribution >= 4 is 11.5 Å². The van der Waals surface area contributed by atoms with Crippen molar-refractivity contribution in [2.24, 2.45) is 0 Å². The Labute approximate surface area is 113 Å². The van der Waals surface area contributed by atoms with Crippen molar-refractivity contribution in [1.29, 1.82) is 0 Å². The quantitative estimate of drug-likeness (QED) is 0.659. The summed E-state index contributed by atoms with van der Waals surface area (Å²) in [5.41, 5.74) is 8.46. The van der Waals surface area contributed by atoms with Crippen LogP contribution in [0.25, 0.3) is 0 Å². The van der Waals surface area contributed by atoms with Crippen LogP contribution >= 0.6 is 0 Å². The number of nitrogens with zero attached hydrogens (tertiary/aromatic N) is 1. The first-order valence-corrected chi connectivity index (χ1v) is 6.27. The number of hydrogen-bond acceptors (Lipinski definition) is 3. The molecular weight excluding hydrogens is 236 g/mol. The number of carbonyl (C=O) groups is 1. The molecule has 0 saturated carbocycles. The van der Waals surface area contributed by atoms with Crippen LogP contribution < -0.4 is 5.73 Å². The van der Waals surface area contributed by atoms with Gasteiger partial charge in [0, 0.05) is 17.8 Å². The SMILES string of the molecule is CN(CC(=O)c1ccccc1)Cc1ccccc1N. The Morgan fingerprint density at radius 2 is 1.68 bits per heavy atom. The van der Waals surface area contributed by atoms with Gasteiger partial charge in [0.05, 0.1) is 6.54 Å². The first-order chi connectivity index (χ1) is 9.16. The van der Waals surface area contributed by atoms with E-state index in [1.807, 2.05) is 66.5 Å². The normalized spacial score (nSPS) is 10.6. The summed E-state index contributed by atoms with van der Waals surface area (Å²) in [6.07, 6.45) is 0. The van der Waals surface area contributed by atoms with Crippen LogP contribution in [0.2, 0.25) is 0 Å². The number of nitrogens with two attached hydrogens (primary N) is 1. The molecule has 3 nitrogen and oxygen atoms in total. The maximum absolute atomic E-state index is 12.1. The Balaban J connectivity index is 1.97. The van der Waals surface area contributed by atoms with Gasteiger partial charge in [0.1, 0.15) is 0 Å². The van der Waals surface area contributed by atoms with Gasteiger partial charge in [0.25, 0.3) is 0 Å². The summed E-state index contributed by atoms with van der Waals surface area (Å²) in [7, 11) is 1.92. The zero-order chi connectivity index (χ0) is 13.7. The van der Waals surface area contributed by atoms with Crippen LogP contribution in [0, 0.1) is 0 Å². The highest BCUT2D eigenvalue weighted by molar-refractivity contribution is 5.97. The molecular formula is C16H18N2O. The molecule has 0 unspecified atom stereocenters. The average molecular weight is 254 g/mol. The van der Waals surface area contributed by atoms with E-state index in [-0.39, 0.29) is 5.78 Å². The smallest absolute Gasteiger partial charge is 0.176 e. The predicted molar refractivity (Wildman–Crippen MR) is 78.0 cm³/mol. The minimum Gasteiger partial charge on any atom is -0.398 e. The van der Waals surface area contributed by atoms with Crippen molar-refractivity contribution in [2.75, 3.05) is 19.3 Å². The molecule has 0 atom stereocenters. The molecule has 0 aliphatic rings. The number of hydrogen-bond donors (Lipinski definition) is 1. The van der Waals surface area contributed by atoms with Gasteiger partial charge in [-0.25, -0.2) is 0 Å². The molecule has 0 amide bonds. The first-order valence-electron chi connectivity index (χ1n) is 6.27. The van der Waals surface area contributed by atoms with E-state index in [2.05, 4.69) is 0 Å². The van der Waals surface area contributed by atoms with Crippen LogP contribution in [-0.4, -0.2) is 24.3 Å². The lowest BCUT2D eigenvalue weighted by Crippen LogP contribution is -2.26. The summed E-state index contributed by atoms with van der Waals surface area (Å²) < 4.78 is 0. The van der Waals surface area contributed by atoms with Gasteiger partial charge >= 0.3 is 0 Å². The molecule has 19 heavy (non-hydrogen) atoms. The molecule has 0 fully saturated rings. The number of ketones is 1. The second-order valence-electron chi connectivity index (χ2n) is 4.66. The number of carbonyl (C=O) groups excluding carboxylic acids is 1. The standard InChI is InChI=1S/C16H18N2O/c1-18(11-14-9-5-6-10-15(14)17)12-16(19)13-7-3-2-4-8-13/h2-10H,11-12,17H2,1H3. The fraction of sp³-hybridized carbons (Fsp3) is 0.188. The molecule has 98 valence electrons. The number of anilines is 1. The lowest BCUT2D eigenvalue weighted by molar-refractivity contribution is 0.0943. The van der Waals surface area contributed by atoms with Gasteiger partial charge in [0.15, 0.2) is 5.78 Å². The Kier molecular flexibility index (Phi) is 4.31. The first kappa shape index (κ1) is 13.3. The second-order valence-corrected chi connectivity index (χ2v) is 4.66. The Hall–Kier alpha value is -2.13. The second kappa shape index (κ2) is 6.16. The molecule has 0 bridgehead atoms. The third-order valence-electron chi connectivity index (χ3n) is 3.00. The molecule has 0 saturated heterocycles. The molecule has 2 rings (SSSR count). The van der Waals surface area contributed by atoms with Gasteiger partial charge in [-0.1, -0.05) is 48.5 Å². The van der Waals surface area contributed by atoms with Crippen molar-refractivity contribution < 1.29 is 4.79 Å². The van der Waals surface area contributed by atoms with E-state index in [0.29, 0.717) is 13.1 Å². The largest absolute Gasteiger partial charge is 0.398 e. The molecule has 0 aromatic heterocycles. The fourth-order valence-electron chi connectivity index (χ4n) is 1.99. The average Bonchev–Trinajstić information content (AvgIpc) is 2.42. The van der Waals surface area contributed by atoms with Crippen molar-refractivity contribution in [3.8, 4) is 0 Å². The van der Waals surface area contributed by atoms with Gasteiger partial charge in [-0.2, -0.15) is 0 Å². The van der Waals surface area contributed by atoms with E-state index in [1.165, 1.54) is 0 Å². The van der Waals surface area contributed by atoms with Crippen LogP contribution in [0.5, 0.6) is 0 Å². The van der Waals surface area contributed by atoms with E-state index in [9.17, 15) is 4.79 Å². The van der Waals surface area contributed by atoms with E-state index >= 15 is 0 Å². The van der Waals surface area contributed by atoms with E-state index in [4.69, 9.17) is 5.73 Å². The predicted octanol–water partition coefficient (Wildman–Crippen LogP) is 2.58. The van der Waals surface area contributed by atoms with Gasteiger partial charge in [-0.3, -0.25) is 9.69 Å². The minimum absolute atomic E-state index is 0.123. The summed E-state index contributed by atoms with van der Waals surface area (Å²) in [5.74, 6) is 0.123. The topological polar surface area (TPSA) is 46.3 Å². The number of nitrogen functional groups attached to an aromatic ring is 1. The zero-order valence-corrected chi connectivity index (χ0v) is 11.0. The summed E-state index contributed by atoms with van der Waals surface area (Å²) in [6.45, 7) is 1.06. The highest BCUT2D eigenvalue weighted by Crippen LogP contribution is 2.12. The number of likely N-dealkylation sites (N-methyl/N-ethyl adjacent to an activating group) is 1. The van der Waals surface area contributed by atoms with E-state index in [1.54, 1.807) is 0 Å². The van der Waals surface area contributed by atoms with Crippen LogP contribution in [0.1, 0.15) is 15.9 Å². The van der Waals surface area contributed by atoms with E-state index < -0.39 is 0 Å². The molecule has 0 heterocycles. The van der Waals surface area contributed by atoms with Gasteiger partial charge in [-0.15, -0.1) is 0 Å². The van der Waals surface area contributed by atoms with Crippen molar-refractivity contribution in [3.63, 3.8) is 0 Å². The van der Waals surface area contributed by atoms with Crippen LogP contribution in [0.15, 0.2) is 54.6 Å². The Morgan fingerprint density at radius 3 is 2.37 bits per heavy atom. The Morgan fingerprint density at radius 1 is 1.05 bits per heavy atom. The molecule has 0 radical (unpaired) electrons. The van der Waals surface area contributed by atoms with Crippen LogP contribution in [0.3, 0.4) is 0 Å². The van der Waals surface area contributed by atoms with E-state index in [0.717, 1.165) is 16.8 Å². The monoisotopic (exact) mass is 254 g/mol. The molecule has 2 aromatic carbocycles. The zero-order valence-electron chi connectivity index (χ0n) is 11.0. The van der Waals surface area contributed by atoms with Gasteiger partial charge in [-0.05, 0) is 18.7 Å². The molecule has 2 N–H and O–H groups in total. The molecule has 2 aromatic rings. The van der Waals surface area contributed by atoms with Crippen LogP contribution in [0.4, 0.5) is 5.69 Å². The van der Waals surface area contributed by atoms with Crippen molar-refractivity contribution in [2.45, 2.75) is 6.54 Å². The maximum Gasteiger partial charge on any atom is 0.176 e. The maximum atomic E-state index is 12.1. The summed E-state index contributed by atoms with van der Waals surface area (Å²) in [5, 5.41) is 0. The molecule has 0 spiro atoms. The number of benzene rings is 2. The lowest BCUT2D eigenvalue weighted by Gasteiger charge is -2.17. The summed E-state index contributed by atoms with van der Waals surface area (Å²) in [6, 6.07) is 17.1. The number of Topliss-reactive ketones (excluding diaryl/α,β-unsaturated/α-hetero) is 1. The van der Waals surface area contributed by atoms with Crippen LogP contribution in [-0.2, 0) is 6.54 Å². The van der Waals surface area contributed by atoms with Crippen molar-refractivity contribution in [3.05, 3.63) is 65.7 Å². The minimum atomic E-state index is 0.123. The van der Waals surface area contributed by atoms with Gasteiger partial charge < -0.3 is 5.73 Å². The third kappa shape index (κ3) is 3.66. The van der Waals surface area contributed by atoms with Crippen molar-refractivity contribution in [1.82, 2.24) is 4.90 Å². The molecule has 0 aliphatic carbocycles. The van der Waals surface area contributed by atoms with Gasteiger partial charge in [0.2, 0.25) is 0 Å². The summed E-state index contributed by atoms with van der Waals surface area (Å²) in [4.78, 5) is 14.0. The highest BCUT2D eigenvalue weighted by Gasteiger charge is 2.10. The highest BCUT2D eigenvalue weighted by atomic mass is 16.1. The molecule has 3 heteroatoms. The summed E-state index contributed by atoms with van der Waals surface area (Å²) >= 11 is 0. The lowest BCUT2D eigenvalue weighted by atomic mass is 10.1. The third-order valence-corrected chi connectivity index (χ3v) is 3.00. The Bertz CT molecular complexity index is 552. The molecule has 0 aliphatic heterocycles.